The van der Waals surface area contributed by atoms with Gasteiger partial charge in [0.15, 0.2) is 5.82 Å². The van der Waals surface area contributed by atoms with Gasteiger partial charge in [0.05, 0.1) is 22.2 Å². The Morgan fingerprint density at radius 1 is 0.242 bits per heavy atom. The Bertz CT molecular complexity index is 3320. The molecule has 2 nitrogen and oxygen atoms in total. The molecule has 0 saturated heterocycles. The highest BCUT2D eigenvalue weighted by Crippen LogP contribution is 2.68. The van der Waals surface area contributed by atoms with Gasteiger partial charge in [-0.2, -0.15) is 0 Å². The third kappa shape index (κ3) is 4.64. The van der Waals surface area contributed by atoms with Crippen LogP contribution in [0.1, 0.15) is 44.5 Å². The summed E-state index contributed by atoms with van der Waals surface area (Å²) in [6.45, 7) is 0. The fourth-order valence-corrected chi connectivity index (χ4v) is 11.4. The van der Waals surface area contributed by atoms with E-state index in [1.165, 1.54) is 72.3 Å². The molecule has 13 rings (SSSR count). The molecular weight excluding hydrogens is 749 g/mol. The average Bonchev–Trinajstić information content (AvgIpc) is 3.82. The highest BCUT2D eigenvalue weighted by Gasteiger charge is 2.59. The minimum absolute atomic E-state index is 0.485. The van der Waals surface area contributed by atoms with Gasteiger partial charge in [-0.3, -0.25) is 0 Å². The highest BCUT2D eigenvalue weighted by atomic mass is 14.9. The summed E-state index contributed by atoms with van der Waals surface area (Å²) in [6, 6.07) is 84.6. The molecule has 0 bridgehead atoms. The second kappa shape index (κ2) is 13.3. The zero-order valence-electron chi connectivity index (χ0n) is 33.8. The van der Waals surface area contributed by atoms with Crippen LogP contribution in [0.4, 0.5) is 0 Å². The van der Waals surface area contributed by atoms with Gasteiger partial charge in [0.2, 0.25) is 0 Å². The van der Waals surface area contributed by atoms with Crippen LogP contribution in [0.2, 0.25) is 0 Å². The maximum absolute atomic E-state index is 5.45. The Balaban J connectivity index is 1.10. The van der Waals surface area contributed by atoms with E-state index in [1.807, 2.05) is 6.07 Å². The molecule has 0 atom stereocenters. The molecule has 0 radical (unpaired) electrons. The molecule has 3 aliphatic carbocycles. The molecule has 1 aromatic heterocycles. The van der Waals surface area contributed by atoms with Crippen LogP contribution < -0.4 is 0 Å². The molecule has 0 N–H and O–H groups in total. The molecular formula is C60H38N2. The number of fused-ring (bicyclic) bond motifs is 16. The smallest absolute Gasteiger partial charge is 0.160 e. The Hall–Kier alpha value is -7.94. The zero-order valence-corrected chi connectivity index (χ0v) is 33.8. The van der Waals surface area contributed by atoms with Gasteiger partial charge >= 0.3 is 0 Å². The lowest BCUT2D eigenvalue weighted by molar-refractivity contribution is 0.633. The second-order valence-electron chi connectivity index (χ2n) is 16.7. The van der Waals surface area contributed by atoms with E-state index >= 15 is 0 Å². The predicted molar refractivity (Wildman–Crippen MR) is 252 cm³/mol. The zero-order chi connectivity index (χ0) is 40.8. The van der Waals surface area contributed by atoms with Gasteiger partial charge in [0.1, 0.15) is 0 Å². The number of hydrogen-bond donors (Lipinski definition) is 0. The van der Waals surface area contributed by atoms with Crippen LogP contribution in [0.15, 0.2) is 231 Å². The van der Waals surface area contributed by atoms with E-state index in [2.05, 4.69) is 224 Å². The number of hydrogen-bond acceptors (Lipinski definition) is 2. The van der Waals surface area contributed by atoms with E-state index in [1.54, 1.807) is 0 Å². The van der Waals surface area contributed by atoms with Gasteiger partial charge in [-0.05, 0) is 90.0 Å². The molecule has 0 amide bonds. The summed E-state index contributed by atoms with van der Waals surface area (Å²) < 4.78 is 0. The van der Waals surface area contributed by atoms with Crippen molar-refractivity contribution in [3.05, 3.63) is 275 Å². The lowest BCUT2D eigenvalue weighted by Gasteiger charge is -2.48. The fraction of sp³-hybridized carbons (Fsp3) is 0.0333. The van der Waals surface area contributed by atoms with Gasteiger partial charge in [-0.1, -0.05) is 218 Å². The van der Waals surface area contributed by atoms with Crippen molar-refractivity contribution >= 4 is 0 Å². The van der Waals surface area contributed by atoms with Crippen molar-refractivity contribution in [1.29, 1.82) is 0 Å². The van der Waals surface area contributed by atoms with Crippen LogP contribution in [0.5, 0.6) is 0 Å². The average molecular weight is 787 g/mol. The lowest BCUT2D eigenvalue weighted by atomic mass is 9.52. The molecule has 0 saturated carbocycles. The van der Waals surface area contributed by atoms with E-state index < -0.39 is 10.8 Å². The van der Waals surface area contributed by atoms with Crippen molar-refractivity contribution in [2.75, 3.05) is 0 Å². The third-order valence-electron chi connectivity index (χ3n) is 13.8. The second-order valence-corrected chi connectivity index (χ2v) is 16.7. The molecule has 2 spiro atoms. The quantitative estimate of drug-likeness (QED) is 0.178. The molecule has 2 heteroatoms. The first-order chi connectivity index (χ1) is 30.8. The van der Waals surface area contributed by atoms with Crippen molar-refractivity contribution in [1.82, 2.24) is 9.97 Å². The first kappa shape index (κ1) is 34.9. The summed E-state index contributed by atoms with van der Waals surface area (Å²) in [5.74, 6) is 0.704. The summed E-state index contributed by atoms with van der Waals surface area (Å²) in [5, 5.41) is 0. The van der Waals surface area contributed by atoms with Crippen LogP contribution in [0.3, 0.4) is 0 Å². The molecule has 62 heavy (non-hydrogen) atoms. The number of nitrogens with zero attached hydrogens (tertiary/aromatic N) is 2. The summed E-state index contributed by atoms with van der Waals surface area (Å²) in [6.07, 6.45) is 0. The number of rotatable bonds is 4. The van der Waals surface area contributed by atoms with Crippen LogP contribution >= 0.6 is 0 Å². The maximum atomic E-state index is 5.45. The molecule has 3 aliphatic rings. The normalized spacial score (nSPS) is 14.1. The van der Waals surface area contributed by atoms with Gasteiger partial charge in [-0.15, -0.1) is 0 Å². The lowest BCUT2D eigenvalue weighted by Crippen LogP contribution is -2.43. The molecule has 0 unspecified atom stereocenters. The summed E-state index contributed by atoms with van der Waals surface area (Å²) in [7, 11) is 0. The minimum Gasteiger partial charge on any atom is -0.228 e. The Morgan fingerprint density at radius 3 is 1.23 bits per heavy atom. The maximum Gasteiger partial charge on any atom is 0.160 e. The number of benzene rings is 9. The van der Waals surface area contributed by atoms with Crippen molar-refractivity contribution < 1.29 is 0 Å². The minimum atomic E-state index is -0.588. The van der Waals surface area contributed by atoms with Gasteiger partial charge in [0, 0.05) is 16.7 Å². The largest absolute Gasteiger partial charge is 0.228 e. The predicted octanol–water partition coefficient (Wildman–Crippen LogP) is 14.2. The molecule has 9 aromatic carbocycles. The molecule has 0 fully saturated rings. The van der Waals surface area contributed by atoms with E-state index in [0.717, 1.165) is 33.6 Å². The molecule has 10 aromatic rings. The standard InChI is InChI=1S/C60H38N2/c1-3-19-39(20-4-1)41-23-17-24-42(37-41)55-38-56(62-58(61-55)40-21-5-2-6-22-40)46-28-18-36-54-57(46)45-27-9-12-31-49(45)60(54)52-34-15-13-32-50(52)59(51-33-14-16-35-53(51)60)47-29-10-7-25-43(47)44-26-8-11-30-48(44)59/h1-38H. The molecule has 0 aliphatic heterocycles. The van der Waals surface area contributed by atoms with E-state index in [-0.39, 0.29) is 0 Å². The van der Waals surface area contributed by atoms with Crippen molar-refractivity contribution in [2.24, 2.45) is 0 Å². The topological polar surface area (TPSA) is 25.8 Å². The monoisotopic (exact) mass is 786 g/mol. The van der Waals surface area contributed by atoms with Gasteiger partial charge < -0.3 is 0 Å². The first-order valence-electron chi connectivity index (χ1n) is 21.5. The van der Waals surface area contributed by atoms with Crippen LogP contribution in [0, 0.1) is 0 Å². The van der Waals surface area contributed by atoms with E-state index in [9.17, 15) is 0 Å². The molecule has 288 valence electrons. The van der Waals surface area contributed by atoms with E-state index in [0.29, 0.717) is 5.82 Å². The Morgan fingerprint density at radius 2 is 0.629 bits per heavy atom. The van der Waals surface area contributed by atoms with E-state index in [4.69, 9.17) is 9.97 Å². The first-order valence-corrected chi connectivity index (χ1v) is 21.5. The van der Waals surface area contributed by atoms with Crippen molar-refractivity contribution in [2.45, 2.75) is 10.8 Å². The summed E-state index contributed by atoms with van der Waals surface area (Å²) in [5.41, 5.74) is 21.8. The van der Waals surface area contributed by atoms with Gasteiger partial charge in [0.25, 0.3) is 0 Å². The van der Waals surface area contributed by atoms with Crippen molar-refractivity contribution in [3.63, 3.8) is 0 Å². The third-order valence-corrected chi connectivity index (χ3v) is 13.8. The highest BCUT2D eigenvalue weighted by molar-refractivity contribution is 5.98. The number of aromatic nitrogens is 2. The van der Waals surface area contributed by atoms with Gasteiger partial charge in [-0.25, -0.2) is 9.97 Å². The van der Waals surface area contributed by atoms with Crippen LogP contribution in [-0.2, 0) is 10.8 Å². The molecule has 1 heterocycles. The summed E-state index contributed by atoms with van der Waals surface area (Å²) >= 11 is 0. The SMILES string of the molecule is c1ccc(-c2cccc(-c3cc(-c4cccc5c4-c4ccccc4C54c5ccccc5C5(c6ccccc6-c6ccccc65)c5ccccc54)nc(-c4ccccc4)n3)c2)cc1. The Labute approximate surface area is 361 Å². The summed E-state index contributed by atoms with van der Waals surface area (Å²) in [4.78, 5) is 10.7. The Kier molecular flexibility index (Phi) is 7.47. The fourth-order valence-electron chi connectivity index (χ4n) is 11.4. The van der Waals surface area contributed by atoms with Crippen LogP contribution in [-0.4, -0.2) is 9.97 Å². The van der Waals surface area contributed by atoms with Crippen molar-refractivity contribution in [3.8, 4) is 67.3 Å². The van der Waals surface area contributed by atoms with Crippen LogP contribution in [0.25, 0.3) is 67.3 Å².